The first-order valence-corrected chi connectivity index (χ1v) is 17.2. The summed E-state index contributed by atoms with van der Waals surface area (Å²) in [6, 6.07) is 0. The first-order valence-electron chi connectivity index (χ1n) is 17.2. The van der Waals surface area contributed by atoms with Crippen LogP contribution in [0.5, 0.6) is 0 Å². The van der Waals surface area contributed by atoms with Crippen LogP contribution in [0.15, 0.2) is 0 Å². The van der Waals surface area contributed by atoms with Crippen LogP contribution >= 0.6 is 0 Å². The maximum Gasteiger partial charge on any atom is 0.110 e. The Bertz CT molecular complexity index is 742. The maximum absolute atomic E-state index is 6.78. The summed E-state index contributed by atoms with van der Waals surface area (Å²) in [5.74, 6) is 5.93. The van der Waals surface area contributed by atoms with Crippen molar-refractivity contribution in [3.05, 3.63) is 0 Å². The summed E-state index contributed by atoms with van der Waals surface area (Å²) in [4.78, 5) is 2.49. The number of hydrogen-bond donors (Lipinski definition) is 1. The molecule has 1 saturated heterocycles. The molecule has 0 amide bonds. The zero-order chi connectivity index (χ0) is 27.6. The molecule has 3 nitrogen and oxygen atoms in total. The van der Waals surface area contributed by atoms with Gasteiger partial charge in [-0.05, 0) is 143 Å². The minimum absolute atomic E-state index is 0. The topological polar surface area (TPSA) is 38.5 Å². The zero-order valence-corrected chi connectivity index (χ0v) is 26.7. The van der Waals surface area contributed by atoms with Crippen molar-refractivity contribution < 1.29 is 4.74 Å². The van der Waals surface area contributed by atoms with E-state index < -0.39 is 0 Å². The first kappa shape index (κ1) is 33.4. The normalized spacial score (nSPS) is 46.9. The summed E-state index contributed by atoms with van der Waals surface area (Å²) in [5.41, 5.74) is 6.27. The molecule has 3 heteroatoms. The summed E-state index contributed by atoms with van der Waals surface area (Å²) in [6.07, 6.45) is 23.7. The molecule has 2 N–H and O–H groups in total. The van der Waals surface area contributed by atoms with Crippen LogP contribution in [0.3, 0.4) is 0 Å². The number of hydrogen-bond acceptors (Lipinski definition) is 3. The molecule has 1 aliphatic heterocycles. The van der Waals surface area contributed by atoms with Crippen LogP contribution in [0.2, 0.25) is 0 Å². The Balaban J connectivity index is 0.000000658. The van der Waals surface area contributed by atoms with Gasteiger partial charge in [-0.3, -0.25) is 4.90 Å². The molecule has 39 heavy (non-hydrogen) atoms. The number of rotatable bonds is 3. The lowest BCUT2D eigenvalue weighted by Crippen LogP contribution is -2.60. The van der Waals surface area contributed by atoms with Gasteiger partial charge in [0, 0.05) is 6.54 Å². The fraction of sp³-hybridized carbons (Fsp3) is 1.00. The zero-order valence-electron chi connectivity index (χ0n) is 26.7. The first-order chi connectivity index (χ1) is 18.3. The minimum atomic E-state index is 0. The second kappa shape index (κ2) is 13.9. The summed E-state index contributed by atoms with van der Waals surface area (Å²) in [7, 11) is 3.79. The van der Waals surface area contributed by atoms with Crippen LogP contribution in [0, 0.1) is 51.8 Å². The van der Waals surface area contributed by atoms with E-state index in [2.05, 4.69) is 52.3 Å². The van der Waals surface area contributed by atoms with Crippen LogP contribution < -0.4 is 5.73 Å². The Morgan fingerprint density at radius 3 is 2.13 bits per heavy atom. The molecule has 5 aliphatic carbocycles. The molecule has 230 valence electrons. The number of fused-ring (bicyclic) bond motifs is 7. The van der Waals surface area contributed by atoms with Gasteiger partial charge in [-0.25, -0.2) is 0 Å². The van der Waals surface area contributed by atoms with E-state index in [0.717, 1.165) is 42.1 Å². The highest BCUT2D eigenvalue weighted by molar-refractivity contribution is 5.13. The molecule has 10 atom stereocenters. The van der Waals surface area contributed by atoms with E-state index in [9.17, 15) is 0 Å². The molecule has 6 rings (SSSR count). The molecule has 0 bridgehead atoms. The van der Waals surface area contributed by atoms with Gasteiger partial charge in [-0.2, -0.15) is 0 Å². The fourth-order valence-electron chi connectivity index (χ4n) is 11.8. The van der Waals surface area contributed by atoms with Crippen molar-refractivity contribution in [2.45, 2.75) is 151 Å². The van der Waals surface area contributed by atoms with E-state index in [1.54, 1.807) is 0 Å². The van der Waals surface area contributed by atoms with Gasteiger partial charge in [0.15, 0.2) is 0 Å². The van der Waals surface area contributed by atoms with Crippen LogP contribution in [0.1, 0.15) is 145 Å². The third-order valence-corrected chi connectivity index (χ3v) is 13.4. The summed E-state index contributed by atoms with van der Waals surface area (Å²) in [5, 5.41) is 0. The predicted octanol–water partition coefficient (Wildman–Crippen LogP) is 9.54. The standard InChI is InChI=1S/C31H53NO.C3H8.CH5N.CH4/c1-22-9-7-16-29(2)24(22)14-18-30(3)25-15-19-31(21-33-28-11-5-6-20-32(28)4)17-8-10-26(31)23(25)12-13-27(29)30;1-3-2;1-2;/h22-28H,5-21H2,1-4H3;3H2,1-2H3;2H2,1H3;1H4. The van der Waals surface area contributed by atoms with Gasteiger partial charge in [0.1, 0.15) is 6.23 Å². The molecular weight excluding hydrogens is 476 g/mol. The Kier molecular flexibility index (Phi) is 11.9. The Labute approximate surface area is 245 Å². The van der Waals surface area contributed by atoms with E-state index in [1.165, 1.54) is 116 Å². The molecule has 0 aromatic heterocycles. The Hall–Kier alpha value is -0.120. The van der Waals surface area contributed by atoms with Gasteiger partial charge < -0.3 is 10.5 Å². The third kappa shape index (κ3) is 6.04. The number of likely N-dealkylation sites (tertiary alicyclic amines) is 1. The van der Waals surface area contributed by atoms with E-state index in [-0.39, 0.29) is 7.43 Å². The van der Waals surface area contributed by atoms with Crippen LogP contribution in [0.4, 0.5) is 0 Å². The van der Waals surface area contributed by atoms with E-state index in [4.69, 9.17) is 4.74 Å². The summed E-state index contributed by atoms with van der Waals surface area (Å²) in [6.45, 7) is 14.7. The molecule has 1 heterocycles. The van der Waals surface area contributed by atoms with Crippen molar-refractivity contribution >= 4 is 0 Å². The highest BCUT2D eigenvalue weighted by Crippen LogP contribution is 2.71. The lowest BCUT2D eigenvalue weighted by Gasteiger charge is -2.67. The summed E-state index contributed by atoms with van der Waals surface area (Å²) < 4.78 is 6.78. The third-order valence-electron chi connectivity index (χ3n) is 13.4. The fourth-order valence-corrected chi connectivity index (χ4v) is 11.8. The maximum atomic E-state index is 6.78. The van der Waals surface area contributed by atoms with Crippen LogP contribution in [0.25, 0.3) is 0 Å². The van der Waals surface area contributed by atoms with Gasteiger partial charge in [0.25, 0.3) is 0 Å². The van der Waals surface area contributed by atoms with Crippen LogP contribution in [-0.2, 0) is 4.74 Å². The summed E-state index contributed by atoms with van der Waals surface area (Å²) >= 11 is 0. The second-order valence-electron chi connectivity index (χ2n) is 15.3. The Morgan fingerprint density at radius 1 is 0.744 bits per heavy atom. The minimum Gasteiger partial charge on any atom is -0.363 e. The molecule has 5 saturated carbocycles. The van der Waals surface area contributed by atoms with Crippen LogP contribution in [-0.4, -0.2) is 38.4 Å². The monoisotopic (exact) mass is 547 g/mol. The SMILES string of the molecule is C.CC1CCCC2(C)C1CCC1(C)C3CCC4(COC5CCCCN5C)CCCC4C3CCC21.CCC.CN. The molecule has 6 fully saturated rings. The quantitative estimate of drug-likeness (QED) is 0.383. The van der Waals surface area contributed by atoms with E-state index in [0.29, 0.717) is 22.5 Å². The van der Waals surface area contributed by atoms with Gasteiger partial charge in [0.2, 0.25) is 0 Å². The van der Waals surface area contributed by atoms with Crippen molar-refractivity contribution in [1.82, 2.24) is 4.90 Å². The molecule has 10 unspecified atom stereocenters. The smallest absolute Gasteiger partial charge is 0.110 e. The lowest BCUT2D eigenvalue weighted by molar-refractivity contribution is -0.193. The molecule has 0 aromatic carbocycles. The average Bonchev–Trinajstić information content (AvgIpc) is 3.34. The number of nitrogens with zero attached hydrogens (tertiary/aromatic N) is 1. The average molecular weight is 547 g/mol. The molecule has 0 radical (unpaired) electrons. The van der Waals surface area contributed by atoms with E-state index in [1.807, 2.05) is 0 Å². The number of ether oxygens (including phenoxy) is 1. The number of piperidine rings is 1. The molecular formula is C36H70N2O. The molecule has 6 aliphatic rings. The van der Waals surface area contributed by atoms with Crippen molar-refractivity contribution in [1.29, 1.82) is 0 Å². The number of nitrogens with two attached hydrogens (primary N) is 1. The van der Waals surface area contributed by atoms with Crippen molar-refractivity contribution in [3.8, 4) is 0 Å². The molecule has 0 aromatic rings. The van der Waals surface area contributed by atoms with Gasteiger partial charge in [-0.1, -0.05) is 67.7 Å². The van der Waals surface area contributed by atoms with Gasteiger partial charge in [-0.15, -0.1) is 0 Å². The van der Waals surface area contributed by atoms with Gasteiger partial charge >= 0.3 is 0 Å². The highest BCUT2D eigenvalue weighted by atomic mass is 16.5. The Morgan fingerprint density at radius 2 is 1.41 bits per heavy atom. The van der Waals surface area contributed by atoms with E-state index >= 15 is 0 Å². The lowest BCUT2D eigenvalue weighted by atomic mass is 9.38. The predicted molar refractivity (Wildman–Crippen MR) is 170 cm³/mol. The van der Waals surface area contributed by atoms with Crippen molar-refractivity contribution in [3.63, 3.8) is 0 Å². The highest BCUT2D eigenvalue weighted by Gasteiger charge is 2.64. The van der Waals surface area contributed by atoms with Crippen molar-refractivity contribution in [2.24, 2.45) is 57.5 Å². The second-order valence-corrected chi connectivity index (χ2v) is 15.3. The van der Waals surface area contributed by atoms with Crippen molar-refractivity contribution in [2.75, 3.05) is 27.2 Å². The largest absolute Gasteiger partial charge is 0.363 e. The van der Waals surface area contributed by atoms with Gasteiger partial charge in [0.05, 0.1) is 6.61 Å². The molecule has 0 spiro atoms.